The highest BCUT2D eigenvalue weighted by Gasteiger charge is 2.24. The molecular formula is C15H21NO2. The Morgan fingerprint density at radius 1 is 1.33 bits per heavy atom. The molecule has 0 unspecified atom stereocenters. The topological polar surface area (TPSA) is 38.3 Å². The minimum atomic E-state index is 0.148. The third-order valence-corrected chi connectivity index (χ3v) is 3.52. The van der Waals surface area contributed by atoms with Gasteiger partial charge in [-0.05, 0) is 38.4 Å². The minimum absolute atomic E-state index is 0.148. The molecule has 1 aliphatic rings. The summed E-state index contributed by atoms with van der Waals surface area (Å²) < 4.78 is 5.32. The third-order valence-electron chi connectivity index (χ3n) is 3.52. The second-order valence-electron chi connectivity index (χ2n) is 4.76. The lowest BCUT2D eigenvalue weighted by Crippen LogP contribution is -2.24. The van der Waals surface area contributed by atoms with Crippen molar-refractivity contribution >= 4 is 5.78 Å². The second-order valence-corrected chi connectivity index (χ2v) is 4.76. The summed E-state index contributed by atoms with van der Waals surface area (Å²) in [5.41, 5.74) is 2.06. The fraction of sp³-hybridized carbons (Fsp3) is 0.533. The highest BCUT2D eigenvalue weighted by Crippen LogP contribution is 2.22. The van der Waals surface area contributed by atoms with Gasteiger partial charge in [-0.1, -0.05) is 24.3 Å². The molecule has 1 aromatic carbocycles. The van der Waals surface area contributed by atoms with Crippen molar-refractivity contribution in [1.29, 1.82) is 0 Å². The van der Waals surface area contributed by atoms with E-state index in [-0.39, 0.29) is 5.92 Å². The number of likely N-dealkylation sites (N-methyl/N-ethyl adjacent to an activating group) is 1. The summed E-state index contributed by atoms with van der Waals surface area (Å²) in [4.78, 5) is 12.5. The molecular weight excluding hydrogens is 226 g/mol. The van der Waals surface area contributed by atoms with Gasteiger partial charge in [0.25, 0.3) is 0 Å². The van der Waals surface area contributed by atoms with E-state index in [0.29, 0.717) is 5.78 Å². The lowest BCUT2D eigenvalue weighted by Gasteiger charge is -2.22. The van der Waals surface area contributed by atoms with Gasteiger partial charge >= 0.3 is 0 Å². The SMILES string of the molecule is CNCCc1ccccc1C(=O)C1CCOCC1. The summed E-state index contributed by atoms with van der Waals surface area (Å²) in [7, 11) is 1.93. The first-order valence-electron chi connectivity index (χ1n) is 6.67. The van der Waals surface area contributed by atoms with Crippen LogP contribution in [-0.2, 0) is 11.2 Å². The first kappa shape index (κ1) is 13.2. The maximum Gasteiger partial charge on any atom is 0.166 e. The van der Waals surface area contributed by atoms with Crippen LogP contribution in [0.5, 0.6) is 0 Å². The average Bonchev–Trinajstić information content (AvgIpc) is 2.45. The molecule has 1 N–H and O–H groups in total. The standard InChI is InChI=1S/C15H21NO2/c1-16-9-6-12-4-2-3-5-14(12)15(17)13-7-10-18-11-8-13/h2-5,13,16H,6-11H2,1H3. The fourth-order valence-electron chi connectivity index (χ4n) is 2.42. The molecule has 98 valence electrons. The molecule has 0 atom stereocenters. The van der Waals surface area contributed by atoms with E-state index in [2.05, 4.69) is 11.4 Å². The summed E-state index contributed by atoms with van der Waals surface area (Å²) >= 11 is 0. The molecule has 1 aromatic rings. The zero-order valence-corrected chi connectivity index (χ0v) is 10.9. The zero-order valence-electron chi connectivity index (χ0n) is 10.9. The molecule has 0 amide bonds. The Bertz CT molecular complexity index is 397. The van der Waals surface area contributed by atoms with Gasteiger partial charge in [0.05, 0.1) is 0 Å². The molecule has 0 radical (unpaired) electrons. The fourth-order valence-corrected chi connectivity index (χ4v) is 2.42. The van der Waals surface area contributed by atoms with Crippen molar-refractivity contribution in [3.05, 3.63) is 35.4 Å². The second kappa shape index (κ2) is 6.66. The van der Waals surface area contributed by atoms with Crippen molar-refractivity contribution in [2.45, 2.75) is 19.3 Å². The molecule has 2 rings (SSSR count). The number of Topliss-reactive ketones (excluding diaryl/α,β-unsaturated/α-hetero) is 1. The molecule has 1 aliphatic heterocycles. The largest absolute Gasteiger partial charge is 0.381 e. The number of rotatable bonds is 5. The van der Waals surface area contributed by atoms with Crippen molar-refractivity contribution in [1.82, 2.24) is 5.32 Å². The van der Waals surface area contributed by atoms with Crippen LogP contribution >= 0.6 is 0 Å². The van der Waals surface area contributed by atoms with Gasteiger partial charge in [0.15, 0.2) is 5.78 Å². The van der Waals surface area contributed by atoms with Crippen molar-refractivity contribution in [2.75, 3.05) is 26.8 Å². The smallest absolute Gasteiger partial charge is 0.166 e. The van der Waals surface area contributed by atoms with Crippen LogP contribution in [0.15, 0.2) is 24.3 Å². The molecule has 0 aromatic heterocycles. The molecule has 1 saturated heterocycles. The van der Waals surface area contributed by atoms with Crippen molar-refractivity contribution < 1.29 is 9.53 Å². The highest BCUT2D eigenvalue weighted by molar-refractivity contribution is 5.99. The Morgan fingerprint density at radius 3 is 2.78 bits per heavy atom. The summed E-state index contributed by atoms with van der Waals surface area (Å²) in [6.45, 7) is 2.34. The molecule has 3 nitrogen and oxygen atoms in total. The molecule has 0 bridgehead atoms. The van der Waals surface area contributed by atoms with Crippen LogP contribution in [0.4, 0.5) is 0 Å². The van der Waals surface area contributed by atoms with Crippen molar-refractivity contribution in [3.8, 4) is 0 Å². The van der Waals surface area contributed by atoms with Crippen LogP contribution in [0.3, 0.4) is 0 Å². The zero-order chi connectivity index (χ0) is 12.8. The highest BCUT2D eigenvalue weighted by atomic mass is 16.5. The molecule has 1 heterocycles. The summed E-state index contributed by atoms with van der Waals surface area (Å²) in [6, 6.07) is 7.98. The summed E-state index contributed by atoms with van der Waals surface area (Å²) in [6.07, 6.45) is 2.63. The number of benzene rings is 1. The van der Waals surface area contributed by atoms with E-state index in [9.17, 15) is 4.79 Å². The number of ether oxygens (including phenoxy) is 1. The minimum Gasteiger partial charge on any atom is -0.381 e. The van der Waals surface area contributed by atoms with Crippen LogP contribution in [0, 0.1) is 5.92 Å². The average molecular weight is 247 g/mol. The lowest BCUT2D eigenvalue weighted by molar-refractivity contribution is 0.0544. The van der Waals surface area contributed by atoms with E-state index in [1.54, 1.807) is 0 Å². The first-order valence-corrected chi connectivity index (χ1v) is 6.67. The molecule has 0 spiro atoms. The predicted octanol–water partition coefficient (Wildman–Crippen LogP) is 2.06. The van der Waals surface area contributed by atoms with Gasteiger partial charge in [-0.25, -0.2) is 0 Å². The maximum absolute atomic E-state index is 12.5. The van der Waals surface area contributed by atoms with E-state index in [1.807, 2.05) is 25.2 Å². The van der Waals surface area contributed by atoms with Gasteiger partial charge in [0.1, 0.15) is 0 Å². The number of hydrogen-bond acceptors (Lipinski definition) is 3. The van der Waals surface area contributed by atoms with Crippen molar-refractivity contribution in [2.24, 2.45) is 5.92 Å². The van der Waals surface area contributed by atoms with Gasteiger partial charge in [-0.15, -0.1) is 0 Å². The van der Waals surface area contributed by atoms with Crippen LogP contribution in [0.2, 0.25) is 0 Å². The third kappa shape index (κ3) is 3.18. The van der Waals surface area contributed by atoms with Gasteiger partial charge in [-0.3, -0.25) is 4.79 Å². The summed E-state index contributed by atoms with van der Waals surface area (Å²) in [5, 5.41) is 3.13. The Labute approximate surface area is 109 Å². The van der Waals surface area contributed by atoms with Crippen molar-refractivity contribution in [3.63, 3.8) is 0 Å². The van der Waals surface area contributed by atoms with E-state index in [1.165, 1.54) is 0 Å². The monoisotopic (exact) mass is 247 g/mol. The molecule has 3 heteroatoms. The van der Waals surface area contributed by atoms with E-state index in [4.69, 9.17) is 4.74 Å². The summed E-state index contributed by atoms with van der Waals surface area (Å²) in [5.74, 6) is 0.444. The number of hydrogen-bond donors (Lipinski definition) is 1. The Balaban J connectivity index is 2.12. The van der Waals surface area contributed by atoms with Gasteiger partial charge in [-0.2, -0.15) is 0 Å². The van der Waals surface area contributed by atoms with Gasteiger partial charge in [0.2, 0.25) is 0 Å². The predicted molar refractivity (Wildman–Crippen MR) is 71.9 cm³/mol. The Hall–Kier alpha value is -1.19. The molecule has 0 aliphatic carbocycles. The number of nitrogens with one attached hydrogen (secondary N) is 1. The van der Waals surface area contributed by atoms with E-state index in [0.717, 1.165) is 50.1 Å². The van der Waals surface area contributed by atoms with Crippen LogP contribution in [0.25, 0.3) is 0 Å². The van der Waals surface area contributed by atoms with E-state index >= 15 is 0 Å². The lowest BCUT2D eigenvalue weighted by atomic mass is 9.88. The first-order chi connectivity index (χ1) is 8.83. The van der Waals surface area contributed by atoms with Gasteiger partial charge in [0, 0.05) is 24.7 Å². The van der Waals surface area contributed by atoms with Crippen LogP contribution in [-0.4, -0.2) is 32.6 Å². The molecule has 1 fully saturated rings. The van der Waals surface area contributed by atoms with E-state index < -0.39 is 0 Å². The maximum atomic E-state index is 12.5. The Morgan fingerprint density at radius 2 is 2.06 bits per heavy atom. The Kier molecular flexibility index (Phi) is 4.90. The number of carbonyl (C=O) groups excluding carboxylic acids is 1. The van der Waals surface area contributed by atoms with Crippen LogP contribution < -0.4 is 5.32 Å². The number of carbonyl (C=O) groups is 1. The normalized spacial score (nSPS) is 16.7. The molecule has 18 heavy (non-hydrogen) atoms. The number of ketones is 1. The van der Waals surface area contributed by atoms with Gasteiger partial charge < -0.3 is 10.1 Å². The van der Waals surface area contributed by atoms with Crippen LogP contribution in [0.1, 0.15) is 28.8 Å². The molecule has 0 saturated carbocycles. The quantitative estimate of drug-likeness (QED) is 0.809.